The Bertz CT molecular complexity index is 630. The normalized spacial score (nSPS) is 16.8. The van der Waals surface area contributed by atoms with Crippen molar-refractivity contribution in [2.45, 2.75) is 17.4 Å². The van der Waals surface area contributed by atoms with Crippen LogP contribution >= 0.6 is 23.4 Å². The van der Waals surface area contributed by atoms with E-state index in [2.05, 4.69) is 0 Å². The molecule has 2 aromatic rings. The molecule has 2 N–H and O–H groups in total. The number of hydrogen-bond acceptors (Lipinski definition) is 3. The van der Waals surface area contributed by atoms with Gasteiger partial charge in [-0.15, -0.1) is 11.8 Å². The van der Waals surface area contributed by atoms with E-state index in [0.717, 1.165) is 33.4 Å². The number of hydrogen-bond donors (Lipinski definition) is 1. The highest BCUT2D eigenvalue weighted by atomic mass is 35.5. The largest absolute Gasteiger partial charge is 0.489 e. The second-order valence-electron chi connectivity index (χ2n) is 4.73. The van der Waals surface area contributed by atoms with Crippen LogP contribution in [-0.4, -0.2) is 11.9 Å². The first-order chi connectivity index (χ1) is 9.60. The Labute approximate surface area is 126 Å². The molecule has 3 rings (SSSR count). The molecule has 5 heteroatoms. The van der Waals surface area contributed by atoms with Crippen LogP contribution in [0, 0.1) is 5.82 Å². The number of halogens is 2. The van der Waals surface area contributed by atoms with Crippen molar-refractivity contribution in [3.8, 4) is 5.75 Å². The molecule has 0 aromatic heterocycles. The fraction of sp³-hybridized carbons (Fsp3) is 0.200. The molecule has 0 bridgehead atoms. The molecule has 0 aliphatic carbocycles. The van der Waals surface area contributed by atoms with Crippen molar-refractivity contribution in [1.82, 2.24) is 0 Å². The summed E-state index contributed by atoms with van der Waals surface area (Å²) >= 11 is 7.51. The van der Waals surface area contributed by atoms with Crippen LogP contribution in [0.3, 0.4) is 0 Å². The van der Waals surface area contributed by atoms with Crippen molar-refractivity contribution in [2.75, 3.05) is 11.5 Å². The summed E-state index contributed by atoms with van der Waals surface area (Å²) in [4.78, 5) is 0.820. The van der Waals surface area contributed by atoms with Crippen LogP contribution in [0.4, 0.5) is 10.1 Å². The molecule has 104 valence electrons. The Hall–Kier alpha value is -1.39. The molecule has 0 spiro atoms. The van der Waals surface area contributed by atoms with Crippen molar-refractivity contribution < 1.29 is 9.13 Å². The first kappa shape index (κ1) is 13.6. The predicted octanol–water partition coefficient (Wildman–Crippen LogP) is 4.16. The van der Waals surface area contributed by atoms with Gasteiger partial charge in [0.25, 0.3) is 0 Å². The summed E-state index contributed by atoms with van der Waals surface area (Å²) in [6.07, 6.45) is 0.909. The van der Waals surface area contributed by atoms with E-state index < -0.39 is 0 Å². The van der Waals surface area contributed by atoms with Crippen molar-refractivity contribution in [3.05, 3.63) is 52.8 Å². The van der Waals surface area contributed by atoms with E-state index in [9.17, 15) is 4.39 Å². The van der Waals surface area contributed by atoms with Crippen molar-refractivity contribution in [1.29, 1.82) is 0 Å². The minimum Gasteiger partial charge on any atom is -0.489 e. The van der Waals surface area contributed by atoms with Crippen LogP contribution in [0.2, 0.25) is 5.02 Å². The first-order valence-electron chi connectivity index (χ1n) is 6.24. The highest BCUT2D eigenvalue weighted by Gasteiger charge is 2.23. The van der Waals surface area contributed by atoms with Gasteiger partial charge in [-0.05, 0) is 42.0 Å². The smallest absolute Gasteiger partial charge is 0.126 e. The van der Waals surface area contributed by atoms with Crippen LogP contribution in [0.5, 0.6) is 5.75 Å². The van der Waals surface area contributed by atoms with Gasteiger partial charge in [-0.3, -0.25) is 0 Å². The fourth-order valence-corrected chi connectivity index (χ4v) is 3.41. The topological polar surface area (TPSA) is 35.2 Å². The van der Waals surface area contributed by atoms with Crippen molar-refractivity contribution in [3.63, 3.8) is 0 Å². The van der Waals surface area contributed by atoms with Gasteiger partial charge in [-0.2, -0.15) is 0 Å². The number of ether oxygens (including phenoxy) is 1. The van der Waals surface area contributed by atoms with Gasteiger partial charge >= 0.3 is 0 Å². The average Bonchev–Trinajstić information content (AvgIpc) is 2.77. The monoisotopic (exact) mass is 309 g/mol. The molecule has 1 heterocycles. The summed E-state index contributed by atoms with van der Waals surface area (Å²) in [5.41, 5.74) is 7.20. The summed E-state index contributed by atoms with van der Waals surface area (Å²) in [5, 5.41) is 0.721. The summed E-state index contributed by atoms with van der Waals surface area (Å²) in [6.45, 7) is 0. The predicted molar refractivity (Wildman–Crippen MR) is 81.1 cm³/mol. The van der Waals surface area contributed by atoms with E-state index in [1.165, 1.54) is 12.1 Å². The van der Waals surface area contributed by atoms with E-state index in [1.807, 2.05) is 18.2 Å². The SMILES string of the molecule is Nc1cc(F)cc(SCC2Cc3cc(Cl)ccc3O2)c1. The second kappa shape index (κ2) is 5.54. The molecule has 1 atom stereocenters. The summed E-state index contributed by atoms with van der Waals surface area (Å²) in [5.74, 6) is 1.32. The number of thioether (sulfide) groups is 1. The zero-order chi connectivity index (χ0) is 14.1. The number of nitrogen functional groups attached to an aromatic ring is 1. The zero-order valence-electron chi connectivity index (χ0n) is 10.6. The van der Waals surface area contributed by atoms with Gasteiger partial charge in [-0.1, -0.05) is 11.6 Å². The van der Waals surface area contributed by atoms with E-state index in [4.69, 9.17) is 22.1 Å². The minimum atomic E-state index is -0.310. The Balaban J connectivity index is 1.63. The second-order valence-corrected chi connectivity index (χ2v) is 6.26. The Morgan fingerprint density at radius 2 is 2.15 bits per heavy atom. The summed E-state index contributed by atoms with van der Waals surface area (Å²) in [7, 11) is 0. The molecule has 0 saturated carbocycles. The lowest BCUT2D eigenvalue weighted by molar-refractivity contribution is 0.259. The number of rotatable bonds is 3. The lowest BCUT2D eigenvalue weighted by Crippen LogP contribution is -2.15. The van der Waals surface area contributed by atoms with Crippen LogP contribution in [0.15, 0.2) is 41.3 Å². The molecule has 2 aromatic carbocycles. The number of fused-ring (bicyclic) bond motifs is 1. The maximum absolute atomic E-state index is 13.2. The Morgan fingerprint density at radius 1 is 1.30 bits per heavy atom. The standard InChI is InChI=1S/C15H13ClFNOS/c16-10-1-2-15-9(3-10)4-13(19-15)8-20-14-6-11(17)5-12(18)7-14/h1-3,5-7,13H,4,8,18H2. The molecule has 2 nitrogen and oxygen atoms in total. The van der Waals surface area contributed by atoms with E-state index >= 15 is 0 Å². The maximum atomic E-state index is 13.2. The molecule has 1 aliphatic heterocycles. The maximum Gasteiger partial charge on any atom is 0.126 e. The van der Waals surface area contributed by atoms with Gasteiger partial charge in [-0.25, -0.2) is 4.39 Å². The third-order valence-electron chi connectivity index (χ3n) is 3.09. The third-order valence-corrected chi connectivity index (χ3v) is 4.44. The molecule has 0 radical (unpaired) electrons. The number of nitrogens with two attached hydrogens (primary N) is 1. The zero-order valence-corrected chi connectivity index (χ0v) is 12.2. The van der Waals surface area contributed by atoms with Crippen LogP contribution < -0.4 is 10.5 Å². The Morgan fingerprint density at radius 3 is 2.95 bits per heavy atom. The molecular formula is C15H13ClFNOS. The Kier molecular flexibility index (Phi) is 3.76. The summed E-state index contributed by atoms with van der Waals surface area (Å²) < 4.78 is 19.1. The average molecular weight is 310 g/mol. The fourth-order valence-electron chi connectivity index (χ4n) is 2.24. The molecule has 1 unspecified atom stereocenters. The van der Waals surface area contributed by atoms with Gasteiger partial charge in [0, 0.05) is 27.8 Å². The van der Waals surface area contributed by atoms with Gasteiger partial charge < -0.3 is 10.5 Å². The van der Waals surface area contributed by atoms with Crippen LogP contribution in [0.25, 0.3) is 0 Å². The lowest BCUT2D eigenvalue weighted by Gasteiger charge is -2.10. The van der Waals surface area contributed by atoms with Gasteiger partial charge in [0.05, 0.1) is 0 Å². The van der Waals surface area contributed by atoms with Crippen molar-refractivity contribution >= 4 is 29.1 Å². The quantitative estimate of drug-likeness (QED) is 0.683. The molecule has 0 saturated heterocycles. The number of benzene rings is 2. The lowest BCUT2D eigenvalue weighted by atomic mass is 10.1. The molecule has 0 amide bonds. The molecule has 20 heavy (non-hydrogen) atoms. The van der Waals surface area contributed by atoms with E-state index in [-0.39, 0.29) is 11.9 Å². The minimum absolute atomic E-state index is 0.0814. The molecule has 0 fully saturated rings. The van der Waals surface area contributed by atoms with Gasteiger partial charge in [0.2, 0.25) is 0 Å². The van der Waals surface area contributed by atoms with E-state index in [1.54, 1.807) is 17.8 Å². The highest BCUT2D eigenvalue weighted by molar-refractivity contribution is 7.99. The van der Waals surface area contributed by atoms with Crippen molar-refractivity contribution in [2.24, 2.45) is 0 Å². The summed E-state index contributed by atoms with van der Waals surface area (Å²) in [6, 6.07) is 10.2. The third kappa shape index (κ3) is 3.02. The first-order valence-corrected chi connectivity index (χ1v) is 7.60. The van der Waals surface area contributed by atoms with E-state index in [0.29, 0.717) is 5.69 Å². The van der Waals surface area contributed by atoms with Crippen LogP contribution in [-0.2, 0) is 6.42 Å². The van der Waals surface area contributed by atoms with Gasteiger partial charge in [0.1, 0.15) is 17.7 Å². The van der Waals surface area contributed by atoms with Crippen LogP contribution in [0.1, 0.15) is 5.56 Å². The van der Waals surface area contributed by atoms with Gasteiger partial charge in [0.15, 0.2) is 0 Å². The molecule has 1 aliphatic rings. The molecular weight excluding hydrogens is 297 g/mol. The highest BCUT2D eigenvalue weighted by Crippen LogP contribution is 2.33. The number of anilines is 1.